The molecule has 0 rings (SSSR count). The Labute approximate surface area is 460 Å². The van der Waals surface area contributed by atoms with Gasteiger partial charge in [-0.15, -0.1) is 0 Å². The van der Waals surface area contributed by atoms with Crippen LogP contribution in [0.2, 0.25) is 0 Å². The first-order valence-electron chi connectivity index (χ1n) is 30.0. The van der Waals surface area contributed by atoms with Crippen LogP contribution in [0.15, 0.2) is 158 Å². The molecule has 0 radical (unpaired) electrons. The highest BCUT2D eigenvalue weighted by atomic mass is 16.6. The standard InChI is InChI=1S/C69H108O6/c1-4-7-10-13-16-18-20-22-24-25-26-27-28-29-30-31-32-33-34-35-36-37-38-39-40-41-42-43-45-46-48-50-53-56-59-62-68(71)74-65-66(64-73-67(70)61-58-55-52-15-12-9-6-3)75-69(72)63-60-57-54-51-49-47-44-23-21-19-17-14-11-8-5-2/h7-8,10-11,16-19,22-24,26-27,29-30,32-33,35-36,38-39,44,49,51,57,60,66H,4-6,9,12-15,20-21,25,28,31,34,37,40-43,45-48,50,52-56,58-59,61-65H2,1-3H3/b10-7-,11-8-,18-16-,19-17-,24-22-,27-26-,30-29-,33-32-,36-35-,39-38-,44-23-,51-49-,60-57-. The monoisotopic (exact) mass is 1030 g/mol. The molecule has 0 aromatic heterocycles. The molecule has 0 aliphatic carbocycles. The van der Waals surface area contributed by atoms with Gasteiger partial charge in [-0.1, -0.05) is 269 Å². The van der Waals surface area contributed by atoms with E-state index in [0.29, 0.717) is 19.3 Å². The number of carbonyl (C=O) groups is 3. The van der Waals surface area contributed by atoms with Crippen molar-refractivity contribution < 1.29 is 28.6 Å². The second kappa shape index (κ2) is 61.6. The molecule has 0 fully saturated rings. The zero-order valence-corrected chi connectivity index (χ0v) is 48.0. The first-order valence-corrected chi connectivity index (χ1v) is 30.0. The van der Waals surface area contributed by atoms with Gasteiger partial charge in [0.25, 0.3) is 0 Å². The molecular formula is C69H108O6. The predicted octanol–water partition coefficient (Wildman–Crippen LogP) is 20.5. The maximum absolute atomic E-state index is 12.7. The van der Waals surface area contributed by atoms with E-state index in [1.807, 2.05) is 6.08 Å². The van der Waals surface area contributed by atoms with Gasteiger partial charge in [-0.25, -0.2) is 0 Å². The molecule has 0 aliphatic rings. The molecule has 0 saturated carbocycles. The Kier molecular flexibility index (Phi) is 57.5. The third-order valence-electron chi connectivity index (χ3n) is 12.1. The lowest BCUT2D eigenvalue weighted by Crippen LogP contribution is -2.30. The minimum Gasteiger partial charge on any atom is -0.462 e. The Balaban J connectivity index is 4.17. The Morgan fingerprint density at radius 2 is 0.560 bits per heavy atom. The van der Waals surface area contributed by atoms with Crippen molar-refractivity contribution in [2.75, 3.05) is 13.2 Å². The smallest absolute Gasteiger partial charge is 0.310 e. The quantitative estimate of drug-likeness (QED) is 0.0261. The third-order valence-corrected chi connectivity index (χ3v) is 12.1. The van der Waals surface area contributed by atoms with E-state index in [-0.39, 0.29) is 31.6 Å². The maximum Gasteiger partial charge on any atom is 0.310 e. The fraction of sp³-hybridized carbons (Fsp3) is 0.580. The van der Waals surface area contributed by atoms with Crippen LogP contribution >= 0.6 is 0 Å². The molecule has 0 aromatic carbocycles. The van der Waals surface area contributed by atoms with E-state index in [1.165, 1.54) is 70.6 Å². The van der Waals surface area contributed by atoms with E-state index >= 15 is 0 Å². The van der Waals surface area contributed by atoms with Crippen molar-refractivity contribution in [3.05, 3.63) is 158 Å². The summed E-state index contributed by atoms with van der Waals surface area (Å²) in [5.74, 6) is -1.07. The van der Waals surface area contributed by atoms with Gasteiger partial charge in [0.1, 0.15) is 13.2 Å². The van der Waals surface area contributed by atoms with Crippen molar-refractivity contribution in [1.82, 2.24) is 0 Å². The van der Waals surface area contributed by atoms with E-state index in [4.69, 9.17) is 14.2 Å². The molecule has 0 bridgehead atoms. The van der Waals surface area contributed by atoms with Crippen molar-refractivity contribution >= 4 is 17.9 Å². The Morgan fingerprint density at radius 3 is 0.880 bits per heavy atom. The summed E-state index contributed by atoms with van der Waals surface area (Å²) in [6.45, 7) is 6.26. The van der Waals surface area contributed by atoms with E-state index < -0.39 is 12.1 Å². The number of hydrogen-bond donors (Lipinski definition) is 0. The minimum atomic E-state index is -0.836. The molecule has 0 aromatic rings. The molecular weight excluding hydrogens is 925 g/mol. The van der Waals surface area contributed by atoms with E-state index in [2.05, 4.69) is 167 Å². The van der Waals surface area contributed by atoms with Gasteiger partial charge in [-0.05, 0) is 109 Å². The van der Waals surface area contributed by atoms with Crippen LogP contribution in [-0.4, -0.2) is 37.2 Å². The highest BCUT2D eigenvalue weighted by molar-refractivity contribution is 5.72. The van der Waals surface area contributed by atoms with Crippen LogP contribution in [0.25, 0.3) is 0 Å². The number of allylic oxidation sites excluding steroid dienone is 25. The van der Waals surface area contributed by atoms with Gasteiger partial charge >= 0.3 is 17.9 Å². The van der Waals surface area contributed by atoms with Gasteiger partial charge in [-0.2, -0.15) is 0 Å². The lowest BCUT2D eigenvalue weighted by atomic mass is 10.1. The van der Waals surface area contributed by atoms with Crippen LogP contribution in [-0.2, 0) is 28.6 Å². The van der Waals surface area contributed by atoms with Crippen LogP contribution in [0.4, 0.5) is 0 Å². The minimum absolute atomic E-state index is 0.0911. The summed E-state index contributed by atoms with van der Waals surface area (Å²) in [6, 6.07) is 0. The van der Waals surface area contributed by atoms with Crippen molar-refractivity contribution in [3.8, 4) is 0 Å². The summed E-state index contributed by atoms with van der Waals surface area (Å²) in [5, 5.41) is 0. The molecule has 0 heterocycles. The fourth-order valence-corrected chi connectivity index (χ4v) is 7.65. The average molecular weight is 1030 g/mol. The van der Waals surface area contributed by atoms with Crippen LogP contribution in [0.5, 0.6) is 0 Å². The topological polar surface area (TPSA) is 78.9 Å². The van der Waals surface area contributed by atoms with Crippen LogP contribution in [0.1, 0.15) is 239 Å². The van der Waals surface area contributed by atoms with Crippen molar-refractivity contribution in [3.63, 3.8) is 0 Å². The number of rotatable bonds is 52. The highest BCUT2D eigenvalue weighted by Gasteiger charge is 2.19. The van der Waals surface area contributed by atoms with Gasteiger partial charge in [0.2, 0.25) is 0 Å². The molecule has 75 heavy (non-hydrogen) atoms. The first kappa shape index (κ1) is 70.0. The number of unbranched alkanes of at least 4 members (excludes halogenated alkanes) is 16. The van der Waals surface area contributed by atoms with Crippen LogP contribution in [0, 0.1) is 0 Å². The lowest BCUT2D eigenvalue weighted by Gasteiger charge is -2.18. The Morgan fingerprint density at radius 1 is 0.293 bits per heavy atom. The normalized spacial score (nSPS) is 13.3. The summed E-state index contributed by atoms with van der Waals surface area (Å²) >= 11 is 0. The fourth-order valence-electron chi connectivity index (χ4n) is 7.65. The highest BCUT2D eigenvalue weighted by Crippen LogP contribution is 2.14. The Hall–Kier alpha value is -4.97. The van der Waals surface area contributed by atoms with Crippen molar-refractivity contribution in [2.24, 2.45) is 0 Å². The van der Waals surface area contributed by atoms with Crippen LogP contribution in [0.3, 0.4) is 0 Å². The molecule has 0 amide bonds. The van der Waals surface area contributed by atoms with Gasteiger partial charge in [-0.3, -0.25) is 14.4 Å². The first-order chi connectivity index (χ1) is 37.0. The molecule has 1 atom stereocenters. The third kappa shape index (κ3) is 59.8. The number of hydrogen-bond acceptors (Lipinski definition) is 6. The largest absolute Gasteiger partial charge is 0.462 e. The predicted molar refractivity (Wildman–Crippen MR) is 325 cm³/mol. The van der Waals surface area contributed by atoms with E-state index in [9.17, 15) is 14.4 Å². The average Bonchev–Trinajstić information content (AvgIpc) is 3.41. The van der Waals surface area contributed by atoms with Gasteiger partial charge in [0, 0.05) is 12.8 Å². The molecule has 1 unspecified atom stereocenters. The molecule has 0 saturated heterocycles. The number of carbonyl (C=O) groups excluding carboxylic acids is 3. The zero-order valence-electron chi connectivity index (χ0n) is 48.0. The van der Waals surface area contributed by atoms with Gasteiger partial charge in [0.15, 0.2) is 6.10 Å². The summed E-state index contributed by atoms with van der Waals surface area (Å²) in [5.41, 5.74) is 0. The van der Waals surface area contributed by atoms with Gasteiger partial charge < -0.3 is 14.2 Å². The molecule has 0 spiro atoms. The summed E-state index contributed by atoms with van der Waals surface area (Å²) < 4.78 is 16.6. The molecule has 6 nitrogen and oxygen atoms in total. The van der Waals surface area contributed by atoms with Crippen molar-refractivity contribution in [1.29, 1.82) is 0 Å². The molecule has 0 N–H and O–H groups in total. The molecule has 6 heteroatoms. The Bertz CT molecular complexity index is 1710. The summed E-state index contributed by atoms with van der Waals surface area (Å²) in [6.07, 6.45) is 90.2. The summed E-state index contributed by atoms with van der Waals surface area (Å²) in [7, 11) is 0. The zero-order chi connectivity index (χ0) is 54.3. The van der Waals surface area contributed by atoms with Gasteiger partial charge in [0.05, 0.1) is 6.42 Å². The van der Waals surface area contributed by atoms with E-state index in [1.54, 1.807) is 6.08 Å². The van der Waals surface area contributed by atoms with Crippen LogP contribution < -0.4 is 0 Å². The van der Waals surface area contributed by atoms with E-state index in [0.717, 1.165) is 122 Å². The molecule has 0 aliphatic heterocycles. The summed E-state index contributed by atoms with van der Waals surface area (Å²) in [4.78, 5) is 37.9. The SMILES string of the molecule is CC/C=C\C/C=C\C/C=C\C/C=C\C/C=C\C/C=C\C/C=C\C/C=C\CCCCCCCCCCCCC(=O)OCC(COC(=O)CCCCCCCCC)OC(=O)C/C=C\C/C=C\C/C=C\C/C=C\C/C=C\CC. The second-order valence-electron chi connectivity index (χ2n) is 19.2. The maximum atomic E-state index is 12.7. The second-order valence-corrected chi connectivity index (χ2v) is 19.2. The molecule has 420 valence electrons. The number of ether oxygens (including phenoxy) is 3. The number of esters is 3. The van der Waals surface area contributed by atoms with Crippen molar-refractivity contribution in [2.45, 2.75) is 245 Å². The lowest BCUT2D eigenvalue weighted by molar-refractivity contribution is -0.166.